The normalized spacial score (nSPS) is 11.8. The second-order valence-corrected chi connectivity index (χ2v) is 8.76. The lowest BCUT2D eigenvalue weighted by Gasteiger charge is -2.20. The van der Waals surface area contributed by atoms with Crippen molar-refractivity contribution in [2.45, 2.75) is 39.8 Å². The number of nitrogens with zero attached hydrogens (tertiary/aromatic N) is 3. The van der Waals surface area contributed by atoms with Gasteiger partial charge in [-0.3, -0.25) is 4.79 Å². The van der Waals surface area contributed by atoms with Gasteiger partial charge < -0.3 is 14.0 Å². The van der Waals surface area contributed by atoms with Gasteiger partial charge in [0.1, 0.15) is 23.6 Å². The first-order chi connectivity index (χ1) is 14.7. The van der Waals surface area contributed by atoms with Gasteiger partial charge in [-0.25, -0.2) is 0 Å². The molecule has 0 amide bonds. The Morgan fingerprint density at radius 2 is 1.77 bits per heavy atom. The van der Waals surface area contributed by atoms with Gasteiger partial charge in [0.15, 0.2) is 5.15 Å². The lowest BCUT2D eigenvalue weighted by atomic mass is 10.0. The van der Waals surface area contributed by atoms with Crippen LogP contribution in [0, 0.1) is 6.92 Å². The second-order valence-electron chi connectivity index (χ2n) is 8.40. The zero-order valence-electron chi connectivity index (χ0n) is 18.2. The van der Waals surface area contributed by atoms with E-state index in [1.807, 2.05) is 74.7 Å². The second kappa shape index (κ2) is 7.85. The number of halogens is 1. The molecule has 4 rings (SSSR count). The highest BCUT2D eigenvalue weighted by molar-refractivity contribution is 6.34. The van der Waals surface area contributed by atoms with Crippen molar-refractivity contribution in [2.75, 3.05) is 7.11 Å². The Labute approximate surface area is 185 Å². The van der Waals surface area contributed by atoms with E-state index >= 15 is 0 Å². The Bertz CT molecular complexity index is 1310. The third-order valence-electron chi connectivity index (χ3n) is 5.12. The fourth-order valence-electron chi connectivity index (χ4n) is 3.85. The largest absolute Gasteiger partial charge is 0.497 e. The number of methoxy groups -OCH3 is 1. The molecule has 4 aromatic rings. The Balaban J connectivity index is 1.97. The topological polar surface area (TPSA) is 66.2 Å². The molecule has 31 heavy (non-hydrogen) atoms. The molecule has 0 atom stereocenters. The third-order valence-corrected chi connectivity index (χ3v) is 5.40. The summed E-state index contributed by atoms with van der Waals surface area (Å²) in [5, 5.41) is 11.6. The van der Waals surface area contributed by atoms with Crippen molar-refractivity contribution >= 4 is 39.2 Å². The molecule has 0 aliphatic rings. The predicted molar refractivity (Wildman–Crippen MR) is 123 cm³/mol. The summed E-state index contributed by atoms with van der Waals surface area (Å²) >= 11 is 6.30. The molecule has 2 heterocycles. The van der Waals surface area contributed by atoms with Gasteiger partial charge in [0.05, 0.1) is 7.11 Å². The SMILES string of the molecule is COc1ccc2c(c1)c(-c1nnc(Cl)c3ccccc13)c(C)n2CC(=O)OC(C)(C)C. The van der Waals surface area contributed by atoms with E-state index in [0.29, 0.717) is 10.8 Å². The zero-order chi connectivity index (χ0) is 22.3. The molecule has 0 bridgehead atoms. The van der Waals surface area contributed by atoms with Crippen LogP contribution in [0.3, 0.4) is 0 Å². The molecule has 160 valence electrons. The van der Waals surface area contributed by atoms with Crippen LogP contribution in [-0.4, -0.2) is 33.4 Å². The fraction of sp³-hybridized carbons (Fsp3) is 0.292. The Morgan fingerprint density at radius 1 is 1.06 bits per heavy atom. The van der Waals surface area contributed by atoms with Gasteiger partial charge in [0.25, 0.3) is 0 Å². The predicted octanol–water partition coefficient (Wildman–Crippen LogP) is 5.56. The van der Waals surface area contributed by atoms with Crippen LogP contribution in [0.15, 0.2) is 42.5 Å². The number of rotatable bonds is 4. The number of benzene rings is 2. The Kier molecular flexibility index (Phi) is 5.35. The minimum absolute atomic E-state index is 0.0882. The third kappa shape index (κ3) is 3.95. The van der Waals surface area contributed by atoms with Crippen molar-refractivity contribution in [1.29, 1.82) is 0 Å². The van der Waals surface area contributed by atoms with Crippen LogP contribution >= 0.6 is 11.6 Å². The maximum absolute atomic E-state index is 12.6. The Morgan fingerprint density at radius 3 is 2.45 bits per heavy atom. The van der Waals surface area contributed by atoms with Crippen molar-refractivity contribution < 1.29 is 14.3 Å². The van der Waals surface area contributed by atoms with Crippen molar-refractivity contribution in [3.63, 3.8) is 0 Å². The van der Waals surface area contributed by atoms with Gasteiger partial charge in [0.2, 0.25) is 0 Å². The summed E-state index contributed by atoms with van der Waals surface area (Å²) in [6, 6.07) is 13.5. The quantitative estimate of drug-likeness (QED) is 0.391. The maximum atomic E-state index is 12.6. The number of esters is 1. The standard InChI is InChI=1S/C24H24ClN3O3/c1-14-21(22-16-8-6-7-9-17(16)23(25)27-26-22)18-12-15(30-5)10-11-19(18)28(14)13-20(29)31-24(2,3)4/h6-12H,13H2,1-5H3. The Hall–Kier alpha value is -3.12. The zero-order valence-corrected chi connectivity index (χ0v) is 18.9. The monoisotopic (exact) mass is 437 g/mol. The van der Waals surface area contributed by atoms with Crippen molar-refractivity contribution in [3.8, 4) is 17.0 Å². The molecule has 0 aliphatic heterocycles. The lowest BCUT2D eigenvalue weighted by Crippen LogP contribution is -2.26. The molecule has 0 radical (unpaired) electrons. The highest BCUT2D eigenvalue weighted by atomic mass is 35.5. The summed E-state index contributed by atoms with van der Waals surface area (Å²) in [5.74, 6) is 0.413. The number of aromatic nitrogens is 3. The molecule has 2 aromatic heterocycles. The van der Waals surface area contributed by atoms with Crippen LogP contribution < -0.4 is 4.74 Å². The smallest absolute Gasteiger partial charge is 0.326 e. The van der Waals surface area contributed by atoms with Crippen LogP contribution in [-0.2, 0) is 16.1 Å². The van der Waals surface area contributed by atoms with Gasteiger partial charge >= 0.3 is 5.97 Å². The molecule has 7 heteroatoms. The van der Waals surface area contributed by atoms with Crippen molar-refractivity contribution in [3.05, 3.63) is 53.3 Å². The molecular formula is C24H24ClN3O3. The highest BCUT2D eigenvalue weighted by Crippen LogP contribution is 2.39. The van der Waals surface area contributed by atoms with Crippen LogP contribution in [0.1, 0.15) is 26.5 Å². The number of hydrogen-bond acceptors (Lipinski definition) is 5. The summed E-state index contributed by atoms with van der Waals surface area (Å²) in [6.07, 6.45) is 0. The number of hydrogen-bond donors (Lipinski definition) is 0. The van der Waals surface area contributed by atoms with E-state index in [-0.39, 0.29) is 12.5 Å². The van der Waals surface area contributed by atoms with E-state index in [1.165, 1.54) is 0 Å². The van der Waals surface area contributed by atoms with E-state index in [2.05, 4.69) is 10.2 Å². The minimum Gasteiger partial charge on any atom is -0.497 e. The first-order valence-corrected chi connectivity index (χ1v) is 10.4. The number of ether oxygens (including phenoxy) is 2. The van der Waals surface area contributed by atoms with Crippen LogP contribution in [0.4, 0.5) is 0 Å². The molecule has 0 saturated carbocycles. The molecule has 0 saturated heterocycles. The first-order valence-electron chi connectivity index (χ1n) is 9.99. The number of carbonyl (C=O) groups is 1. The fourth-order valence-corrected chi connectivity index (χ4v) is 4.05. The van der Waals surface area contributed by atoms with Crippen molar-refractivity contribution in [1.82, 2.24) is 14.8 Å². The number of fused-ring (bicyclic) bond motifs is 2. The van der Waals surface area contributed by atoms with E-state index in [9.17, 15) is 4.79 Å². The lowest BCUT2D eigenvalue weighted by molar-refractivity contribution is -0.155. The van der Waals surface area contributed by atoms with E-state index in [0.717, 1.165) is 38.7 Å². The van der Waals surface area contributed by atoms with Crippen LogP contribution in [0.25, 0.3) is 32.9 Å². The summed E-state index contributed by atoms with van der Waals surface area (Å²) in [5.41, 5.74) is 2.81. The van der Waals surface area contributed by atoms with Crippen LogP contribution in [0.5, 0.6) is 5.75 Å². The molecule has 0 aliphatic carbocycles. The average Bonchev–Trinajstić information content (AvgIpc) is 2.98. The molecular weight excluding hydrogens is 414 g/mol. The van der Waals surface area contributed by atoms with Gasteiger partial charge in [0, 0.05) is 32.9 Å². The summed E-state index contributed by atoms with van der Waals surface area (Å²) in [7, 11) is 1.63. The molecule has 0 N–H and O–H groups in total. The summed E-state index contributed by atoms with van der Waals surface area (Å²) in [4.78, 5) is 12.6. The minimum atomic E-state index is -0.558. The first kappa shape index (κ1) is 21.1. The summed E-state index contributed by atoms with van der Waals surface area (Å²) in [6.45, 7) is 7.63. The molecule has 6 nitrogen and oxygen atoms in total. The van der Waals surface area contributed by atoms with Gasteiger partial charge in [-0.05, 0) is 45.9 Å². The van der Waals surface area contributed by atoms with Gasteiger partial charge in [-0.15, -0.1) is 10.2 Å². The molecule has 2 aromatic carbocycles. The average molecular weight is 438 g/mol. The molecule has 0 unspecified atom stereocenters. The van der Waals surface area contributed by atoms with Crippen LogP contribution in [0.2, 0.25) is 5.15 Å². The van der Waals surface area contributed by atoms with Crippen molar-refractivity contribution in [2.24, 2.45) is 0 Å². The van der Waals surface area contributed by atoms with E-state index < -0.39 is 5.60 Å². The van der Waals surface area contributed by atoms with Gasteiger partial charge in [-0.2, -0.15) is 0 Å². The highest BCUT2D eigenvalue weighted by Gasteiger charge is 2.23. The van der Waals surface area contributed by atoms with E-state index in [1.54, 1.807) is 7.11 Å². The molecule has 0 spiro atoms. The summed E-state index contributed by atoms with van der Waals surface area (Å²) < 4.78 is 13.0. The van der Waals surface area contributed by atoms with E-state index in [4.69, 9.17) is 21.1 Å². The number of carbonyl (C=O) groups excluding carboxylic acids is 1. The van der Waals surface area contributed by atoms with Gasteiger partial charge in [-0.1, -0.05) is 35.9 Å². The molecule has 0 fully saturated rings. The maximum Gasteiger partial charge on any atom is 0.326 e.